The second-order valence-corrected chi connectivity index (χ2v) is 5.53. The Morgan fingerprint density at radius 3 is 2.00 bits per heavy atom. The van der Waals surface area contributed by atoms with Crippen LogP contribution in [0.3, 0.4) is 0 Å². The molecule has 0 heterocycles. The number of rotatable bonds is 5. The molecule has 1 atom stereocenters. The van der Waals surface area contributed by atoms with Gasteiger partial charge >= 0.3 is 5.97 Å². The van der Waals surface area contributed by atoms with Crippen molar-refractivity contribution in [3.05, 3.63) is 35.4 Å². The Morgan fingerprint density at radius 2 is 1.62 bits per heavy atom. The second kappa shape index (κ2) is 6.04. The molecule has 0 aliphatic carbocycles. The molecule has 3 heteroatoms. The van der Waals surface area contributed by atoms with Gasteiger partial charge in [0.1, 0.15) is 4.83 Å². The summed E-state index contributed by atoms with van der Waals surface area (Å²) in [7, 11) is 0. The highest BCUT2D eigenvalue weighted by molar-refractivity contribution is 9.10. The number of carboxylic acids is 1. The fourth-order valence-electron chi connectivity index (χ4n) is 1.58. The molecule has 1 N–H and O–H groups in total. The maximum absolute atomic E-state index is 10.7. The zero-order chi connectivity index (χ0) is 12.1. The molecule has 0 amide bonds. The van der Waals surface area contributed by atoms with Gasteiger partial charge in [-0.1, -0.05) is 54.0 Å². The molecule has 0 fully saturated rings. The van der Waals surface area contributed by atoms with Gasteiger partial charge in [-0.2, -0.15) is 0 Å². The molecule has 0 radical (unpaired) electrons. The number of alkyl halides is 1. The van der Waals surface area contributed by atoms with Crippen LogP contribution in [0, 0.1) is 5.92 Å². The summed E-state index contributed by atoms with van der Waals surface area (Å²) in [5.41, 5.74) is 2.36. The smallest absolute Gasteiger partial charge is 0.317 e. The molecule has 2 nitrogen and oxygen atoms in total. The maximum Gasteiger partial charge on any atom is 0.317 e. The lowest BCUT2D eigenvalue weighted by molar-refractivity contribution is -0.136. The van der Waals surface area contributed by atoms with Crippen molar-refractivity contribution in [2.75, 3.05) is 0 Å². The van der Waals surface area contributed by atoms with E-state index in [1.807, 2.05) is 12.1 Å². The number of benzene rings is 1. The molecule has 0 bridgehead atoms. The van der Waals surface area contributed by atoms with Gasteiger partial charge in [-0.3, -0.25) is 4.79 Å². The minimum Gasteiger partial charge on any atom is -0.480 e. The van der Waals surface area contributed by atoms with Gasteiger partial charge in [0, 0.05) is 0 Å². The van der Waals surface area contributed by atoms with Gasteiger partial charge in [-0.05, 0) is 29.9 Å². The van der Waals surface area contributed by atoms with Gasteiger partial charge in [-0.15, -0.1) is 0 Å². The summed E-state index contributed by atoms with van der Waals surface area (Å²) in [5, 5.41) is 8.77. The number of carboxylic acid groups (broad SMARTS) is 1. The molecule has 0 saturated heterocycles. The first-order valence-corrected chi connectivity index (χ1v) is 6.35. The molecule has 0 spiro atoms. The van der Waals surface area contributed by atoms with Crippen molar-refractivity contribution in [3.8, 4) is 0 Å². The first-order chi connectivity index (χ1) is 7.49. The Kier molecular flexibility index (Phi) is 5.00. The van der Waals surface area contributed by atoms with Crippen molar-refractivity contribution in [1.82, 2.24) is 0 Å². The van der Waals surface area contributed by atoms with Crippen molar-refractivity contribution in [3.63, 3.8) is 0 Å². The number of carbonyl (C=O) groups is 1. The first-order valence-electron chi connectivity index (χ1n) is 5.43. The largest absolute Gasteiger partial charge is 0.480 e. The monoisotopic (exact) mass is 284 g/mol. The van der Waals surface area contributed by atoms with E-state index in [-0.39, 0.29) is 0 Å². The van der Waals surface area contributed by atoms with E-state index in [1.165, 1.54) is 5.56 Å². The van der Waals surface area contributed by atoms with E-state index >= 15 is 0 Å². The predicted molar refractivity (Wildman–Crippen MR) is 69.0 cm³/mol. The third-order valence-electron chi connectivity index (χ3n) is 2.35. The quantitative estimate of drug-likeness (QED) is 0.843. The Bertz CT molecular complexity index is 343. The molecule has 1 aromatic carbocycles. The third-order valence-corrected chi connectivity index (χ3v) is 3.07. The summed E-state index contributed by atoms with van der Waals surface area (Å²) in [6, 6.07) is 8.18. The van der Waals surface area contributed by atoms with Crippen molar-refractivity contribution in [1.29, 1.82) is 0 Å². The van der Waals surface area contributed by atoms with Gasteiger partial charge in [0.2, 0.25) is 0 Å². The normalized spacial score (nSPS) is 12.8. The first kappa shape index (κ1) is 13.2. The minimum atomic E-state index is -0.814. The Hall–Kier alpha value is -0.830. The highest BCUT2D eigenvalue weighted by Gasteiger charge is 2.13. The summed E-state index contributed by atoms with van der Waals surface area (Å²) in [6.07, 6.45) is 1.59. The number of hydrogen-bond acceptors (Lipinski definition) is 1. The van der Waals surface area contributed by atoms with Gasteiger partial charge in [0.15, 0.2) is 0 Å². The molecular formula is C13H17BrO2. The van der Waals surface area contributed by atoms with Gasteiger partial charge in [0.05, 0.1) is 0 Å². The number of hydrogen-bond donors (Lipinski definition) is 1. The average molecular weight is 285 g/mol. The maximum atomic E-state index is 10.7. The Labute approximate surface area is 105 Å². The molecule has 1 aromatic rings. The lowest BCUT2D eigenvalue weighted by atomic mass is 10.0. The molecule has 0 aromatic heterocycles. The van der Waals surface area contributed by atoms with E-state index in [0.717, 1.165) is 12.0 Å². The van der Waals surface area contributed by atoms with Crippen LogP contribution in [0.1, 0.15) is 25.0 Å². The fraction of sp³-hybridized carbons (Fsp3) is 0.462. The van der Waals surface area contributed by atoms with E-state index in [4.69, 9.17) is 5.11 Å². The van der Waals surface area contributed by atoms with Gasteiger partial charge < -0.3 is 5.11 Å². The Morgan fingerprint density at radius 1 is 1.19 bits per heavy atom. The molecule has 0 aliphatic heterocycles. The zero-order valence-corrected chi connectivity index (χ0v) is 11.2. The predicted octanol–water partition coefficient (Wildman–Crippen LogP) is 3.28. The standard InChI is InChI=1S/C13H17BrO2/c1-9(2)7-10-3-5-11(6-4-10)8-12(14)13(15)16/h3-6,9,12H,7-8H2,1-2H3,(H,15,16)/t12-/m1/s1. The van der Waals surface area contributed by atoms with Crippen molar-refractivity contribution >= 4 is 21.9 Å². The number of aliphatic carboxylic acids is 1. The van der Waals surface area contributed by atoms with E-state index in [9.17, 15) is 4.79 Å². The molecule has 0 aliphatic rings. The summed E-state index contributed by atoms with van der Waals surface area (Å²) in [4.78, 5) is 10.2. The summed E-state index contributed by atoms with van der Waals surface area (Å²) in [6.45, 7) is 4.37. The Balaban J connectivity index is 2.61. The molecule has 1 rings (SSSR count). The topological polar surface area (TPSA) is 37.3 Å². The average Bonchev–Trinajstić information content (AvgIpc) is 2.20. The summed E-state index contributed by atoms with van der Waals surface area (Å²) < 4.78 is 0. The summed E-state index contributed by atoms with van der Waals surface area (Å²) >= 11 is 3.14. The zero-order valence-electron chi connectivity index (χ0n) is 9.61. The lowest BCUT2D eigenvalue weighted by Gasteiger charge is -2.07. The summed E-state index contributed by atoms with van der Waals surface area (Å²) in [5.74, 6) is -0.167. The fourth-order valence-corrected chi connectivity index (χ4v) is 1.95. The van der Waals surface area contributed by atoms with Crippen LogP contribution in [-0.4, -0.2) is 15.9 Å². The third kappa shape index (κ3) is 4.35. The van der Waals surface area contributed by atoms with Crippen molar-refractivity contribution in [2.45, 2.75) is 31.5 Å². The van der Waals surface area contributed by atoms with E-state index in [2.05, 4.69) is 41.9 Å². The van der Waals surface area contributed by atoms with Crippen LogP contribution in [0.2, 0.25) is 0 Å². The van der Waals surface area contributed by atoms with Crippen LogP contribution < -0.4 is 0 Å². The molecule has 88 valence electrons. The van der Waals surface area contributed by atoms with E-state index in [1.54, 1.807) is 0 Å². The van der Waals surface area contributed by atoms with E-state index in [0.29, 0.717) is 12.3 Å². The second-order valence-electron chi connectivity index (χ2n) is 4.42. The van der Waals surface area contributed by atoms with Crippen molar-refractivity contribution < 1.29 is 9.90 Å². The molecule has 16 heavy (non-hydrogen) atoms. The number of halogens is 1. The molecular weight excluding hydrogens is 268 g/mol. The van der Waals surface area contributed by atoms with Crippen LogP contribution >= 0.6 is 15.9 Å². The highest BCUT2D eigenvalue weighted by atomic mass is 79.9. The lowest BCUT2D eigenvalue weighted by Crippen LogP contribution is -2.15. The molecule has 0 saturated carbocycles. The highest BCUT2D eigenvalue weighted by Crippen LogP contribution is 2.13. The van der Waals surface area contributed by atoms with Gasteiger partial charge in [0.25, 0.3) is 0 Å². The minimum absolute atomic E-state index is 0.497. The van der Waals surface area contributed by atoms with Crippen LogP contribution in [0.5, 0.6) is 0 Å². The molecule has 0 unspecified atom stereocenters. The van der Waals surface area contributed by atoms with Crippen LogP contribution in [-0.2, 0) is 17.6 Å². The van der Waals surface area contributed by atoms with Gasteiger partial charge in [-0.25, -0.2) is 0 Å². The van der Waals surface area contributed by atoms with Crippen molar-refractivity contribution in [2.24, 2.45) is 5.92 Å². The van der Waals surface area contributed by atoms with Crippen LogP contribution in [0.25, 0.3) is 0 Å². The van der Waals surface area contributed by atoms with Crippen LogP contribution in [0.15, 0.2) is 24.3 Å². The SMILES string of the molecule is CC(C)Cc1ccc(C[C@@H](Br)C(=O)O)cc1. The van der Waals surface area contributed by atoms with E-state index < -0.39 is 10.8 Å². The van der Waals surface area contributed by atoms with Crippen LogP contribution in [0.4, 0.5) is 0 Å².